The van der Waals surface area contributed by atoms with Crippen LogP contribution in [0.4, 0.5) is 0 Å². The molecule has 0 saturated carbocycles. The summed E-state index contributed by atoms with van der Waals surface area (Å²) in [6, 6.07) is 9.43. The van der Waals surface area contributed by atoms with Crippen molar-refractivity contribution < 1.29 is 18.5 Å². The van der Waals surface area contributed by atoms with E-state index in [1.54, 1.807) is 13.1 Å². The highest BCUT2D eigenvalue weighted by Crippen LogP contribution is 2.38. The van der Waals surface area contributed by atoms with E-state index < -0.39 is 18.3 Å². The van der Waals surface area contributed by atoms with Gasteiger partial charge in [-0.05, 0) is 51.4 Å². The zero-order chi connectivity index (χ0) is 17.1. The normalized spacial score (nSPS) is 23.2. The number of furan rings is 1. The van der Waals surface area contributed by atoms with E-state index >= 15 is 0 Å². The fourth-order valence-corrected chi connectivity index (χ4v) is 3.26. The smallest absolute Gasteiger partial charge is 0.454 e. The molecule has 0 N–H and O–H groups in total. The number of rotatable bonds is 2. The first-order chi connectivity index (χ1) is 11.3. The second kappa shape index (κ2) is 4.91. The molecule has 1 unspecified atom stereocenters. The van der Waals surface area contributed by atoms with Crippen LogP contribution in [0.1, 0.15) is 27.7 Å². The van der Waals surface area contributed by atoms with Gasteiger partial charge in [-0.1, -0.05) is 12.1 Å². The van der Waals surface area contributed by atoms with Gasteiger partial charge in [-0.25, -0.2) is 0 Å². The van der Waals surface area contributed by atoms with Crippen LogP contribution < -0.4 is 5.46 Å². The molecule has 6 heteroatoms. The lowest BCUT2D eigenvalue weighted by molar-refractivity contribution is -0.137. The third-order valence-corrected chi connectivity index (χ3v) is 5.10. The first-order valence-electron chi connectivity index (χ1n) is 7.96. The molecule has 1 fully saturated rings. The lowest BCUT2D eigenvalue weighted by Crippen LogP contribution is -2.50. The zero-order valence-electron chi connectivity index (χ0n) is 14.1. The molecule has 1 saturated heterocycles. The minimum absolute atomic E-state index is 0.0580. The lowest BCUT2D eigenvalue weighted by atomic mass is 9.77. The third-order valence-electron chi connectivity index (χ3n) is 5.10. The van der Waals surface area contributed by atoms with Crippen LogP contribution in [0, 0.1) is 0 Å². The molecule has 0 bridgehead atoms. The second-order valence-corrected chi connectivity index (χ2v) is 6.84. The summed E-state index contributed by atoms with van der Waals surface area (Å²) < 4.78 is 18.1. The first-order valence-corrected chi connectivity index (χ1v) is 7.96. The van der Waals surface area contributed by atoms with Gasteiger partial charge in [0, 0.05) is 11.6 Å². The maximum atomic E-state index is 12.2. The SMILES string of the molecule is CC(=O)C1(C)OB(c2cccc3oc4cccnc4c23)OC1(C)C. The Labute approximate surface area is 140 Å². The van der Waals surface area contributed by atoms with Gasteiger partial charge in [0.15, 0.2) is 11.4 Å². The topological polar surface area (TPSA) is 61.6 Å². The molecule has 122 valence electrons. The number of fused-ring (bicyclic) bond motifs is 3. The summed E-state index contributed by atoms with van der Waals surface area (Å²) in [5, 5.41) is 0.863. The molecule has 3 aromatic rings. The highest BCUT2D eigenvalue weighted by atomic mass is 16.7. The molecule has 24 heavy (non-hydrogen) atoms. The molecule has 0 spiro atoms. The molecular formula is C18H18BNO4. The highest BCUT2D eigenvalue weighted by molar-refractivity contribution is 6.66. The van der Waals surface area contributed by atoms with Crippen LogP contribution in [-0.4, -0.2) is 29.1 Å². The van der Waals surface area contributed by atoms with Crippen molar-refractivity contribution in [1.82, 2.24) is 4.98 Å². The van der Waals surface area contributed by atoms with Crippen molar-refractivity contribution in [3.8, 4) is 0 Å². The average Bonchev–Trinajstić information content (AvgIpc) is 3.03. The Morgan fingerprint density at radius 3 is 2.54 bits per heavy atom. The van der Waals surface area contributed by atoms with Gasteiger partial charge < -0.3 is 13.7 Å². The van der Waals surface area contributed by atoms with E-state index in [1.165, 1.54) is 6.92 Å². The number of carbonyl (C=O) groups is 1. The number of ketones is 1. The Kier molecular flexibility index (Phi) is 3.14. The Balaban J connectivity index is 1.91. The molecule has 0 radical (unpaired) electrons. The van der Waals surface area contributed by atoms with E-state index in [0.29, 0.717) is 5.58 Å². The lowest BCUT2D eigenvalue weighted by Gasteiger charge is -2.33. The molecule has 4 rings (SSSR count). The van der Waals surface area contributed by atoms with Gasteiger partial charge in [-0.2, -0.15) is 0 Å². The first kappa shape index (κ1) is 15.4. The van der Waals surface area contributed by atoms with E-state index in [0.717, 1.165) is 21.9 Å². The van der Waals surface area contributed by atoms with Gasteiger partial charge in [0.2, 0.25) is 0 Å². The van der Waals surface area contributed by atoms with Crippen LogP contribution in [0.25, 0.3) is 22.1 Å². The molecule has 1 aliphatic heterocycles. The number of pyridine rings is 1. The summed E-state index contributed by atoms with van der Waals surface area (Å²) in [5.41, 5.74) is 1.28. The highest BCUT2D eigenvalue weighted by Gasteiger charge is 2.57. The minimum atomic E-state index is -1.01. The van der Waals surface area contributed by atoms with E-state index in [4.69, 9.17) is 13.7 Å². The van der Waals surface area contributed by atoms with Crippen LogP contribution in [0.3, 0.4) is 0 Å². The van der Waals surface area contributed by atoms with E-state index in [1.807, 2.05) is 44.2 Å². The van der Waals surface area contributed by atoms with Gasteiger partial charge in [0.25, 0.3) is 0 Å². The molecule has 1 aromatic carbocycles. The van der Waals surface area contributed by atoms with Crippen molar-refractivity contribution in [2.24, 2.45) is 0 Å². The second-order valence-electron chi connectivity index (χ2n) is 6.84. The molecule has 5 nitrogen and oxygen atoms in total. The number of hydrogen-bond acceptors (Lipinski definition) is 5. The van der Waals surface area contributed by atoms with Crippen molar-refractivity contribution in [3.05, 3.63) is 36.5 Å². The molecule has 1 aliphatic rings. The minimum Gasteiger partial charge on any atom is -0.454 e. The molecular weight excluding hydrogens is 305 g/mol. The third kappa shape index (κ3) is 1.96. The number of hydrogen-bond donors (Lipinski definition) is 0. The number of Topliss-reactive ketones (excluding diaryl/α,β-unsaturated/α-hetero) is 1. The van der Waals surface area contributed by atoms with Gasteiger partial charge in [-0.3, -0.25) is 9.78 Å². The zero-order valence-corrected chi connectivity index (χ0v) is 14.1. The Bertz CT molecular complexity index is 964. The number of nitrogens with zero attached hydrogens (tertiary/aromatic N) is 1. The molecule has 2 aromatic heterocycles. The quantitative estimate of drug-likeness (QED) is 0.679. The fourth-order valence-electron chi connectivity index (χ4n) is 3.26. The summed E-state index contributed by atoms with van der Waals surface area (Å²) in [6.07, 6.45) is 1.73. The number of aromatic nitrogens is 1. The summed E-state index contributed by atoms with van der Waals surface area (Å²) >= 11 is 0. The van der Waals surface area contributed by atoms with E-state index in [-0.39, 0.29) is 5.78 Å². The van der Waals surface area contributed by atoms with Crippen LogP contribution in [0.15, 0.2) is 40.9 Å². The number of carbonyl (C=O) groups excluding carboxylic acids is 1. The maximum absolute atomic E-state index is 12.2. The molecule has 0 amide bonds. The fraction of sp³-hybridized carbons (Fsp3) is 0.333. The Morgan fingerprint density at radius 1 is 1.08 bits per heavy atom. The van der Waals surface area contributed by atoms with Crippen LogP contribution in [0.5, 0.6) is 0 Å². The molecule has 3 heterocycles. The van der Waals surface area contributed by atoms with E-state index in [2.05, 4.69) is 4.98 Å². The van der Waals surface area contributed by atoms with Crippen molar-refractivity contribution in [3.63, 3.8) is 0 Å². The van der Waals surface area contributed by atoms with Crippen molar-refractivity contribution >= 4 is 40.4 Å². The van der Waals surface area contributed by atoms with E-state index in [9.17, 15) is 4.79 Å². The predicted octanol–water partition coefficient (Wildman–Crippen LogP) is 2.85. The Hall–Kier alpha value is -2.18. The average molecular weight is 323 g/mol. The standard InChI is InChI=1S/C18H18BNO4/c1-11(21)18(4)17(2,3)23-19(24-18)12-7-5-8-13-15(12)16-14(22-13)9-6-10-20-16/h5-10H,1-4H3. The maximum Gasteiger partial charge on any atom is 0.496 e. The van der Waals surface area contributed by atoms with Gasteiger partial charge in [0.05, 0.1) is 5.60 Å². The van der Waals surface area contributed by atoms with Gasteiger partial charge in [0.1, 0.15) is 16.7 Å². The summed E-state index contributed by atoms with van der Waals surface area (Å²) in [7, 11) is -0.652. The molecule has 1 atom stereocenters. The van der Waals surface area contributed by atoms with Crippen LogP contribution in [0.2, 0.25) is 0 Å². The van der Waals surface area contributed by atoms with Gasteiger partial charge in [-0.15, -0.1) is 0 Å². The van der Waals surface area contributed by atoms with Crippen molar-refractivity contribution in [1.29, 1.82) is 0 Å². The van der Waals surface area contributed by atoms with Gasteiger partial charge >= 0.3 is 7.12 Å². The largest absolute Gasteiger partial charge is 0.496 e. The molecule has 0 aliphatic carbocycles. The van der Waals surface area contributed by atoms with Crippen LogP contribution in [-0.2, 0) is 14.1 Å². The number of benzene rings is 1. The summed E-state index contributed by atoms with van der Waals surface area (Å²) in [5.74, 6) is -0.0580. The van der Waals surface area contributed by atoms with Crippen LogP contribution >= 0.6 is 0 Å². The summed E-state index contributed by atoms with van der Waals surface area (Å²) in [6.45, 7) is 7.06. The monoisotopic (exact) mass is 323 g/mol. The van der Waals surface area contributed by atoms with Crippen molar-refractivity contribution in [2.45, 2.75) is 38.9 Å². The van der Waals surface area contributed by atoms with Crippen molar-refractivity contribution in [2.75, 3.05) is 0 Å². The Morgan fingerprint density at radius 2 is 1.83 bits per heavy atom. The predicted molar refractivity (Wildman–Crippen MR) is 92.2 cm³/mol. The summed E-state index contributed by atoms with van der Waals surface area (Å²) in [4.78, 5) is 16.6.